The van der Waals surface area contributed by atoms with Crippen LogP contribution in [0.3, 0.4) is 0 Å². The van der Waals surface area contributed by atoms with Crippen LogP contribution in [0.4, 0.5) is 4.79 Å². The zero-order chi connectivity index (χ0) is 12.7. The van der Waals surface area contributed by atoms with Crippen molar-refractivity contribution >= 4 is 12.1 Å². The molecule has 1 amide bonds. The number of nitrogens with two attached hydrogens (primary N) is 1. The van der Waals surface area contributed by atoms with Crippen molar-refractivity contribution in [1.29, 1.82) is 0 Å². The predicted molar refractivity (Wildman–Crippen MR) is 57.6 cm³/mol. The second kappa shape index (κ2) is 8.93. The van der Waals surface area contributed by atoms with Gasteiger partial charge in [-0.15, -0.1) is 0 Å². The summed E-state index contributed by atoms with van der Waals surface area (Å²) in [5.74, 6) is -1.42. The first-order valence-electron chi connectivity index (χ1n) is 5.00. The van der Waals surface area contributed by atoms with Crippen molar-refractivity contribution < 1.29 is 49.0 Å². The Bertz CT molecular complexity index is 386. The van der Waals surface area contributed by atoms with Gasteiger partial charge in [0.2, 0.25) is 0 Å². The van der Waals surface area contributed by atoms with Gasteiger partial charge in [-0.25, -0.2) is 4.79 Å². The number of carbonyl (C=O) groups excluding carboxylic acids is 2. The third-order valence-corrected chi connectivity index (χ3v) is 1.98. The van der Waals surface area contributed by atoms with E-state index in [2.05, 4.69) is 5.32 Å². The summed E-state index contributed by atoms with van der Waals surface area (Å²) >= 11 is 0. The van der Waals surface area contributed by atoms with Gasteiger partial charge in [-0.05, 0) is 5.56 Å². The minimum Gasteiger partial charge on any atom is -0.548 e. The molecule has 1 aromatic carbocycles. The van der Waals surface area contributed by atoms with Crippen LogP contribution in [-0.4, -0.2) is 24.6 Å². The Labute approximate surface area is 127 Å². The Morgan fingerprint density at radius 1 is 1.33 bits per heavy atom. The third-order valence-electron chi connectivity index (χ3n) is 1.98. The van der Waals surface area contributed by atoms with Crippen LogP contribution in [-0.2, 0) is 16.1 Å². The minimum absolute atomic E-state index is 0. The number of carbonyl (C=O) groups is 2. The molecular formula is C11H13N2NaO4. The number of ether oxygens (including phenoxy) is 1. The summed E-state index contributed by atoms with van der Waals surface area (Å²) < 4.78 is 4.84. The normalized spacial score (nSPS) is 10.9. The summed E-state index contributed by atoms with van der Waals surface area (Å²) in [5, 5.41) is 12.5. The zero-order valence-corrected chi connectivity index (χ0v) is 12.1. The average molecular weight is 260 g/mol. The molecule has 0 aliphatic heterocycles. The van der Waals surface area contributed by atoms with E-state index in [1.807, 2.05) is 18.2 Å². The fourth-order valence-corrected chi connectivity index (χ4v) is 1.05. The van der Waals surface area contributed by atoms with E-state index in [0.717, 1.165) is 5.56 Å². The molecule has 0 spiro atoms. The van der Waals surface area contributed by atoms with Gasteiger partial charge >= 0.3 is 35.7 Å². The van der Waals surface area contributed by atoms with Crippen molar-refractivity contribution in [2.24, 2.45) is 5.73 Å². The summed E-state index contributed by atoms with van der Waals surface area (Å²) in [5.41, 5.74) is 5.98. The van der Waals surface area contributed by atoms with Gasteiger partial charge in [-0.1, -0.05) is 30.3 Å². The standard InChI is InChI=1S/C11H14N2O4.Na/c12-9(10(14)15)6-13-11(16)17-7-8-4-2-1-3-5-8;/h1-5,9H,6-7,12H2,(H,13,16)(H,14,15);/q;+1/p-1/t9-;/m1./s1. The Morgan fingerprint density at radius 3 is 2.50 bits per heavy atom. The monoisotopic (exact) mass is 260 g/mol. The Kier molecular flexibility index (Phi) is 8.40. The first-order chi connectivity index (χ1) is 8.09. The summed E-state index contributed by atoms with van der Waals surface area (Å²) in [6.45, 7) is -0.108. The molecule has 0 saturated heterocycles. The molecule has 0 fully saturated rings. The van der Waals surface area contributed by atoms with Crippen LogP contribution >= 0.6 is 0 Å². The summed E-state index contributed by atoms with van der Waals surface area (Å²) in [4.78, 5) is 21.4. The van der Waals surface area contributed by atoms with E-state index in [9.17, 15) is 14.7 Å². The molecule has 7 heteroatoms. The van der Waals surface area contributed by atoms with Gasteiger partial charge in [0.15, 0.2) is 0 Å². The van der Waals surface area contributed by atoms with Crippen LogP contribution in [0.25, 0.3) is 0 Å². The zero-order valence-electron chi connectivity index (χ0n) is 10.1. The van der Waals surface area contributed by atoms with E-state index in [1.165, 1.54) is 0 Å². The van der Waals surface area contributed by atoms with Crippen LogP contribution in [0.2, 0.25) is 0 Å². The topological polar surface area (TPSA) is 104 Å². The van der Waals surface area contributed by atoms with Crippen LogP contribution < -0.4 is 45.7 Å². The number of hydrogen-bond acceptors (Lipinski definition) is 5. The Hall–Kier alpha value is -1.08. The predicted octanol–water partition coefficient (Wildman–Crippen LogP) is -4.01. The van der Waals surface area contributed by atoms with Crippen molar-refractivity contribution in [2.75, 3.05) is 6.54 Å². The van der Waals surface area contributed by atoms with E-state index < -0.39 is 18.1 Å². The molecule has 92 valence electrons. The number of alkyl carbamates (subject to hydrolysis) is 1. The number of aliphatic carboxylic acids is 1. The first kappa shape index (κ1) is 16.9. The number of rotatable bonds is 5. The number of benzene rings is 1. The molecule has 0 radical (unpaired) electrons. The van der Waals surface area contributed by atoms with Crippen LogP contribution in [0.1, 0.15) is 5.56 Å². The smallest absolute Gasteiger partial charge is 0.548 e. The van der Waals surface area contributed by atoms with E-state index in [1.54, 1.807) is 12.1 Å². The van der Waals surface area contributed by atoms with Crippen molar-refractivity contribution in [3.05, 3.63) is 35.9 Å². The number of hydrogen-bond donors (Lipinski definition) is 2. The van der Waals surface area contributed by atoms with Gasteiger partial charge in [0.1, 0.15) is 6.61 Å². The van der Waals surface area contributed by atoms with E-state index >= 15 is 0 Å². The molecule has 3 N–H and O–H groups in total. The van der Waals surface area contributed by atoms with E-state index in [-0.39, 0.29) is 42.7 Å². The molecule has 0 aliphatic carbocycles. The summed E-state index contributed by atoms with van der Waals surface area (Å²) in [6.07, 6.45) is -0.717. The molecule has 0 aromatic heterocycles. The van der Waals surface area contributed by atoms with Crippen LogP contribution in [0, 0.1) is 0 Å². The van der Waals surface area contributed by atoms with Gasteiger partial charge in [0, 0.05) is 6.54 Å². The van der Waals surface area contributed by atoms with Gasteiger partial charge in [-0.2, -0.15) is 0 Å². The van der Waals surface area contributed by atoms with Crippen LogP contribution in [0.15, 0.2) is 30.3 Å². The van der Waals surface area contributed by atoms with Crippen molar-refractivity contribution in [2.45, 2.75) is 12.6 Å². The minimum atomic E-state index is -1.42. The first-order valence-corrected chi connectivity index (χ1v) is 5.00. The molecule has 18 heavy (non-hydrogen) atoms. The fourth-order valence-electron chi connectivity index (χ4n) is 1.05. The molecule has 0 heterocycles. The van der Waals surface area contributed by atoms with Gasteiger partial charge < -0.3 is 25.7 Å². The maximum absolute atomic E-state index is 11.1. The molecule has 6 nitrogen and oxygen atoms in total. The van der Waals surface area contributed by atoms with E-state index in [0.29, 0.717) is 0 Å². The maximum atomic E-state index is 11.1. The van der Waals surface area contributed by atoms with Crippen molar-refractivity contribution in [1.82, 2.24) is 5.32 Å². The SMILES string of the molecule is N[C@H](CNC(=O)OCc1ccccc1)C(=O)[O-].[Na+]. The van der Waals surface area contributed by atoms with Crippen molar-refractivity contribution in [3.8, 4) is 0 Å². The number of amides is 1. The molecule has 1 atom stereocenters. The number of nitrogens with one attached hydrogen (secondary N) is 1. The molecular weight excluding hydrogens is 247 g/mol. The summed E-state index contributed by atoms with van der Waals surface area (Å²) in [6, 6.07) is 7.87. The van der Waals surface area contributed by atoms with Gasteiger partial charge in [0.05, 0.1) is 12.0 Å². The summed E-state index contributed by atoms with van der Waals surface area (Å²) in [7, 11) is 0. The Morgan fingerprint density at radius 2 is 1.94 bits per heavy atom. The molecule has 1 rings (SSSR count). The number of carboxylic acid groups (broad SMARTS) is 1. The van der Waals surface area contributed by atoms with E-state index in [4.69, 9.17) is 10.5 Å². The second-order valence-electron chi connectivity index (χ2n) is 3.37. The molecule has 1 aromatic rings. The maximum Gasteiger partial charge on any atom is 1.00 e. The third kappa shape index (κ3) is 6.61. The van der Waals surface area contributed by atoms with Gasteiger partial charge in [-0.3, -0.25) is 0 Å². The van der Waals surface area contributed by atoms with Crippen LogP contribution in [0.5, 0.6) is 0 Å². The fraction of sp³-hybridized carbons (Fsp3) is 0.273. The molecule has 0 unspecified atom stereocenters. The molecule has 0 bridgehead atoms. The quantitative estimate of drug-likeness (QED) is 0.525. The van der Waals surface area contributed by atoms with Crippen molar-refractivity contribution in [3.63, 3.8) is 0 Å². The van der Waals surface area contributed by atoms with Gasteiger partial charge in [0.25, 0.3) is 0 Å². The largest absolute Gasteiger partial charge is 1.00 e. The molecule has 0 saturated carbocycles. The number of carboxylic acids is 1. The average Bonchev–Trinajstić information content (AvgIpc) is 2.34. The molecule has 0 aliphatic rings. The Balaban J connectivity index is 0.00000289. The second-order valence-corrected chi connectivity index (χ2v) is 3.37.